The number of urea groups is 1. The summed E-state index contributed by atoms with van der Waals surface area (Å²) in [7, 11) is 0. The van der Waals surface area contributed by atoms with Crippen LogP contribution in [0, 0.1) is 5.92 Å². The summed E-state index contributed by atoms with van der Waals surface area (Å²) in [5, 5.41) is 14.2. The van der Waals surface area contributed by atoms with Gasteiger partial charge in [0.05, 0.1) is 12.6 Å². The van der Waals surface area contributed by atoms with Crippen LogP contribution in [-0.2, 0) is 9.53 Å². The molecule has 1 saturated heterocycles. The fourth-order valence-electron chi connectivity index (χ4n) is 1.70. The molecule has 1 heterocycles. The molecule has 1 aliphatic rings. The predicted octanol–water partition coefficient (Wildman–Crippen LogP) is 0.574. The van der Waals surface area contributed by atoms with Crippen molar-refractivity contribution in [3.05, 3.63) is 0 Å². The third kappa shape index (κ3) is 4.22. The van der Waals surface area contributed by atoms with Crippen LogP contribution in [0.5, 0.6) is 0 Å². The van der Waals surface area contributed by atoms with Crippen molar-refractivity contribution in [2.24, 2.45) is 5.92 Å². The van der Waals surface area contributed by atoms with E-state index in [0.29, 0.717) is 19.6 Å². The first-order chi connectivity index (χ1) is 8.04. The zero-order valence-electron chi connectivity index (χ0n) is 10.2. The van der Waals surface area contributed by atoms with E-state index in [4.69, 9.17) is 9.84 Å². The molecule has 0 bridgehead atoms. The van der Waals surface area contributed by atoms with Crippen LogP contribution < -0.4 is 10.6 Å². The van der Waals surface area contributed by atoms with Crippen LogP contribution in [0.15, 0.2) is 0 Å². The maximum Gasteiger partial charge on any atom is 0.326 e. The lowest BCUT2D eigenvalue weighted by molar-refractivity contribution is -0.140. The highest BCUT2D eigenvalue weighted by molar-refractivity contribution is 5.82. The molecule has 0 aromatic heterocycles. The molecule has 1 aliphatic heterocycles. The third-order valence-corrected chi connectivity index (χ3v) is 3.03. The van der Waals surface area contributed by atoms with Gasteiger partial charge in [-0.2, -0.15) is 0 Å². The molecule has 17 heavy (non-hydrogen) atoms. The highest BCUT2D eigenvalue weighted by Gasteiger charge is 2.26. The normalized spacial score (nSPS) is 22.8. The van der Waals surface area contributed by atoms with Crippen LogP contribution in [0.25, 0.3) is 0 Å². The van der Waals surface area contributed by atoms with Gasteiger partial charge in [-0.05, 0) is 12.3 Å². The van der Waals surface area contributed by atoms with Gasteiger partial charge < -0.3 is 20.5 Å². The predicted molar refractivity (Wildman–Crippen MR) is 61.8 cm³/mol. The summed E-state index contributed by atoms with van der Waals surface area (Å²) >= 11 is 0. The van der Waals surface area contributed by atoms with Crippen LogP contribution in [0.4, 0.5) is 4.79 Å². The molecule has 2 amide bonds. The molecule has 0 radical (unpaired) electrons. The summed E-state index contributed by atoms with van der Waals surface area (Å²) in [6.07, 6.45) is 1.47. The minimum Gasteiger partial charge on any atom is -0.480 e. The van der Waals surface area contributed by atoms with E-state index >= 15 is 0 Å². The van der Waals surface area contributed by atoms with E-state index in [1.807, 2.05) is 6.92 Å². The molecule has 0 spiro atoms. The second-order valence-electron chi connectivity index (χ2n) is 4.38. The van der Waals surface area contributed by atoms with Gasteiger partial charge in [0, 0.05) is 6.61 Å². The fourth-order valence-corrected chi connectivity index (χ4v) is 1.70. The lowest BCUT2D eigenvalue weighted by Gasteiger charge is -2.21. The average Bonchev–Trinajstić information content (AvgIpc) is 2.77. The lowest BCUT2D eigenvalue weighted by Crippen LogP contribution is -2.51. The first-order valence-electron chi connectivity index (χ1n) is 5.92. The van der Waals surface area contributed by atoms with Crippen molar-refractivity contribution in [3.8, 4) is 0 Å². The van der Waals surface area contributed by atoms with Gasteiger partial charge in [0.2, 0.25) is 0 Å². The van der Waals surface area contributed by atoms with E-state index in [1.165, 1.54) is 0 Å². The monoisotopic (exact) mass is 244 g/mol. The van der Waals surface area contributed by atoms with E-state index in [-0.39, 0.29) is 12.0 Å². The molecule has 0 aromatic carbocycles. The molecule has 1 rings (SSSR count). The molecule has 98 valence electrons. The largest absolute Gasteiger partial charge is 0.480 e. The minimum absolute atomic E-state index is 0.0126. The molecule has 0 saturated carbocycles. The summed E-state index contributed by atoms with van der Waals surface area (Å²) in [6, 6.07) is -1.29. The van der Waals surface area contributed by atoms with Crippen molar-refractivity contribution in [1.29, 1.82) is 0 Å². The number of ether oxygens (including phenoxy) is 1. The molecule has 3 atom stereocenters. The summed E-state index contributed by atoms with van der Waals surface area (Å²) < 4.78 is 5.12. The Hall–Kier alpha value is -1.30. The van der Waals surface area contributed by atoms with E-state index in [1.54, 1.807) is 6.92 Å². The molecule has 1 fully saturated rings. The molecule has 2 unspecified atom stereocenters. The number of amides is 2. The molecule has 0 aromatic rings. The van der Waals surface area contributed by atoms with Crippen molar-refractivity contribution in [2.75, 3.05) is 13.2 Å². The summed E-state index contributed by atoms with van der Waals surface area (Å²) in [6.45, 7) is 4.83. The first-order valence-corrected chi connectivity index (χ1v) is 5.92. The number of hydrogen-bond acceptors (Lipinski definition) is 3. The van der Waals surface area contributed by atoms with E-state index in [9.17, 15) is 9.59 Å². The topological polar surface area (TPSA) is 87.7 Å². The second kappa shape index (κ2) is 6.44. The Morgan fingerprint density at radius 3 is 2.71 bits per heavy atom. The van der Waals surface area contributed by atoms with Gasteiger partial charge in [0.1, 0.15) is 6.04 Å². The number of carboxylic acids is 1. The van der Waals surface area contributed by atoms with Crippen LogP contribution in [0.2, 0.25) is 0 Å². The van der Waals surface area contributed by atoms with Gasteiger partial charge in [-0.15, -0.1) is 0 Å². The molecule has 3 N–H and O–H groups in total. The van der Waals surface area contributed by atoms with Gasteiger partial charge >= 0.3 is 12.0 Å². The Bertz CT molecular complexity index is 277. The number of carbonyl (C=O) groups excluding carboxylic acids is 1. The second-order valence-corrected chi connectivity index (χ2v) is 4.38. The van der Waals surface area contributed by atoms with Gasteiger partial charge in [0.25, 0.3) is 0 Å². The number of carboxylic acid groups (broad SMARTS) is 1. The van der Waals surface area contributed by atoms with Crippen molar-refractivity contribution in [3.63, 3.8) is 0 Å². The summed E-state index contributed by atoms with van der Waals surface area (Å²) in [5.74, 6) is -1.10. The van der Waals surface area contributed by atoms with Gasteiger partial charge in [0.15, 0.2) is 0 Å². The van der Waals surface area contributed by atoms with Gasteiger partial charge in [-0.1, -0.05) is 20.3 Å². The minimum atomic E-state index is -1.00. The summed E-state index contributed by atoms with van der Waals surface area (Å²) in [5.41, 5.74) is 0. The Morgan fingerprint density at radius 1 is 1.53 bits per heavy atom. The Balaban J connectivity index is 2.43. The van der Waals surface area contributed by atoms with Crippen LogP contribution in [-0.4, -0.2) is 42.4 Å². The van der Waals surface area contributed by atoms with Gasteiger partial charge in [-0.3, -0.25) is 0 Å². The first kappa shape index (κ1) is 13.8. The number of rotatable bonds is 5. The maximum absolute atomic E-state index is 11.6. The number of aliphatic carboxylic acids is 1. The van der Waals surface area contributed by atoms with E-state index in [0.717, 1.165) is 6.42 Å². The average molecular weight is 244 g/mol. The quantitative estimate of drug-likeness (QED) is 0.660. The van der Waals surface area contributed by atoms with Crippen molar-refractivity contribution in [2.45, 2.75) is 38.8 Å². The van der Waals surface area contributed by atoms with E-state index in [2.05, 4.69) is 10.6 Å². The Labute approximate surface area is 101 Å². The zero-order valence-corrected chi connectivity index (χ0v) is 10.2. The molecule has 0 aliphatic carbocycles. The SMILES string of the molecule is CCC(C)[C@H](NC(=O)NC1CCOC1)C(=O)O. The Morgan fingerprint density at radius 2 is 2.24 bits per heavy atom. The highest BCUT2D eigenvalue weighted by atomic mass is 16.5. The van der Waals surface area contributed by atoms with Crippen LogP contribution >= 0.6 is 0 Å². The number of hydrogen-bond donors (Lipinski definition) is 3. The van der Waals surface area contributed by atoms with Crippen LogP contribution in [0.1, 0.15) is 26.7 Å². The fraction of sp³-hybridized carbons (Fsp3) is 0.818. The molecule has 6 nitrogen and oxygen atoms in total. The smallest absolute Gasteiger partial charge is 0.326 e. The van der Waals surface area contributed by atoms with E-state index < -0.39 is 18.0 Å². The van der Waals surface area contributed by atoms with Crippen molar-refractivity contribution >= 4 is 12.0 Å². The third-order valence-electron chi connectivity index (χ3n) is 3.03. The van der Waals surface area contributed by atoms with Crippen molar-refractivity contribution < 1.29 is 19.4 Å². The standard InChI is InChI=1S/C11H20N2O4/c1-3-7(2)9(10(14)15)13-11(16)12-8-4-5-17-6-8/h7-9H,3-6H2,1-2H3,(H,14,15)(H2,12,13,16)/t7?,8?,9-/m0/s1. The number of carbonyl (C=O) groups is 2. The lowest BCUT2D eigenvalue weighted by atomic mass is 9.99. The molecular weight excluding hydrogens is 224 g/mol. The zero-order chi connectivity index (χ0) is 12.8. The van der Waals surface area contributed by atoms with Crippen LogP contribution in [0.3, 0.4) is 0 Å². The van der Waals surface area contributed by atoms with Gasteiger partial charge in [-0.25, -0.2) is 9.59 Å². The summed E-state index contributed by atoms with van der Waals surface area (Å²) in [4.78, 5) is 22.6. The highest BCUT2D eigenvalue weighted by Crippen LogP contribution is 2.08. The maximum atomic E-state index is 11.6. The number of nitrogens with one attached hydrogen (secondary N) is 2. The van der Waals surface area contributed by atoms with Crippen molar-refractivity contribution in [1.82, 2.24) is 10.6 Å². The molecular formula is C11H20N2O4. The Kier molecular flexibility index (Phi) is 5.21. The molecule has 6 heteroatoms.